The Morgan fingerprint density at radius 1 is 1.11 bits per heavy atom. The van der Waals surface area contributed by atoms with E-state index in [4.69, 9.17) is 4.74 Å². The fraction of sp³-hybridized carbons (Fsp3) is 0.579. The first-order valence-electron chi connectivity index (χ1n) is 9.54. The third-order valence-corrected chi connectivity index (χ3v) is 5.33. The summed E-state index contributed by atoms with van der Waals surface area (Å²) in [7, 11) is 0. The van der Waals surface area contributed by atoms with E-state index in [9.17, 15) is 19.2 Å². The van der Waals surface area contributed by atoms with Crippen LogP contribution in [-0.4, -0.2) is 48.9 Å². The molecular formula is C19H27N3O5S. The van der Waals surface area contributed by atoms with Gasteiger partial charge in [0.25, 0.3) is 11.8 Å². The predicted molar refractivity (Wildman–Crippen MR) is 105 cm³/mol. The minimum atomic E-state index is -0.925. The van der Waals surface area contributed by atoms with Gasteiger partial charge < -0.3 is 20.7 Å². The van der Waals surface area contributed by atoms with Gasteiger partial charge in [0.1, 0.15) is 6.54 Å². The quantitative estimate of drug-likeness (QED) is 0.443. The number of thiophene rings is 1. The van der Waals surface area contributed by atoms with E-state index in [2.05, 4.69) is 16.0 Å². The van der Waals surface area contributed by atoms with E-state index in [-0.39, 0.29) is 30.9 Å². The van der Waals surface area contributed by atoms with Crippen LogP contribution in [0.1, 0.15) is 55.1 Å². The van der Waals surface area contributed by atoms with Crippen LogP contribution in [0, 0.1) is 0 Å². The van der Waals surface area contributed by atoms with Crippen molar-refractivity contribution in [1.82, 2.24) is 16.0 Å². The van der Waals surface area contributed by atoms with Gasteiger partial charge in [0.05, 0.1) is 11.4 Å². The summed E-state index contributed by atoms with van der Waals surface area (Å²) in [5, 5.41) is 9.51. The summed E-state index contributed by atoms with van der Waals surface area (Å²) in [6, 6.07) is 3.52. The van der Waals surface area contributed by atoms with E-state index in [1.165, 1.54) is 31.1 Å². The number of hydrogen-bond acceptors (Lipinski definition) is 6. The highest BCUT2D eigenvalue weighted by molar-refractivity contribution is 7.12. The number of nitrogens with one attached hydrogen (secondary N) is 3. The largest absolute Gasteiger partial charge is 0.451 e. The maximum atomic E-state index is 12.2. The van der Waals surface area contributed by atoms with Crippen LogP contribution >= 0.6 is 11.3 Å². The second-order valence-corrected chi connectivity index (χ2v) is 7.71. The van der Waals surface area contributed by atoms with Crippen molar-refractivity contribution in [2.24, 2.45) is 0 Å². The van der Waals surface area contributed by atoms with Gasteiger partial charge in [-0.3, -0.25) is 19.2 Å². The molecule has 1 atom stereocenters. The Bertz CT molecular complexity index is 669. The van der Waals surface area contributed by atoms with Crippen LogP contribution in [0.4, 0.5) is 0 Å². The van der Waals surface area contributed by atoms with Crippen LogP contribution in [0.2, 0.25) is 0 Å². The molecule has 8 nitrogen and oxygen atoms in total. The average Bonchev–Trinajstić information content (AvgIpc) is 3.10. The Balaban J connectivity index is 1.63. The first-order valence-corrected chi connectivity index (χ1v) is 10.4. The molecule has 1 aromatic heterocycles. The summed E-state index contributed by atoms with van der Waals surface area (Å²) < 4.78 is 5.07. The lowest BCUT2D eigenvalue weighted by Gasteiger charge is -2.19. The molecule has 1 saturated carbocycles. The summed E-state index contributed by atoms with van der Waals surface area (Å²) in [5.41, 5.74) is 0. The Morgan fingerprint density at radius 3 is 2.46 bits per heavy atom. The molecule has 1 aliphatic carbocycles. The molecule has 3 amide bonds. The normalized spacial score (nSPS) is 15.8. The minimum absolute atomic E-state index is 0.128. The molecular weight excluding hydrogens is 382 g/mol. The molecule has 0 radical (unpaired) electrons. The predicted octanol–water partition coefficient (Wildman–Crippen LogP) is 1.36. The topological polar surface area (TPSA) is 114 Å². The maximum Gasteiger partial charge on any atom is 0.326 e. The number of hydrogen-bond donors (Lipinski definition) is 3. The van der Waals surface area contributed by atoms with Crippen molar-refractivity contribution in [2.45, 2.75) is 57.6 Å². The molecule has 1 heterocycles. The van der Waals surface area contributed by atoms with Gasteiger partial charge in [0.15, 0.2) is 6.10 Å². The first-order chi connectivity index (χ1) is 13.5. The Kier molecular flexibility index (Phi) is 8.93. The highest BCUT2D eigenvalue weighted by Crippen LogP contribution is 2.17. The van der Waals surface area contributed by atoms with Crippen LogP contribution < -0.4 is 16.0 Å². The summed E-state index contributed by atoms with van der Waals surface area (Å²) in [6.45, 7) is 0.892. The molecule has 1 aromatic rings. The molecule has 9 heteroatoms. The summed E-state index contributed by atoms with van der Waals surface area (Å²) in [4.78, 5) is 48.0. The zero-order chi connectivity index (χ0) is 20.4. The summed E-state index contributed by atoms with van der Waals surface area (Å²) in [5.74, 6) is -1.90. The van der Waals surface area contributed by atoms with Crippen LogP contribution in [0.5, 0.6) is 0 Å². The maximum absolute atomic E-state index is 12.2. The third kappa shape index (κ3) is 7.67. The lowest BCUT2D eigenvalue weighted by Crippen LogP contribution is -2.44. The van der Waals surface area contributed by atoms with Gasteiger partial charge in [-0.15, -0.1) is 11.3 Å². The van der Waals surface area contributed by atoms with Crippen molar-refractivity contribution >= 4 is 35.0 Å². The SMILES string of the molecule is C[C@@H](OC(=O)CNC(=O)CNC(=O)c1cccs1)C(=O)NC1CCCCCC1. The number of amides is 3. The number of carbonyl (C=O) groups excluding carboxylic acids is 4. The molecule has 28 heavy (non-hydrogen) atoms. The second-order valence-electron chi connectivity index (χ2n) is 6.77. The molecule has 154 valence electrons. The van der Waals surface area contributed by atoms with Crippen LogP contribution in [0.25, 0.3) is 0 Å². The Labute approximate surface area is 168 Å². The number of rotatable bonds is 8. The minimum Gasteiger partial charge on any atom is -0.451 e. The molecule has 1 aliphatic rings. The van der Waals surface area contributed by atoms with Gasteiger partial charge in [-0.25, -0.2) is 0 Å². The number of carbonyl (C=O) groups is 4. The third-order valence-electron chi connectivity index (χ3n) is 4.46. The van der Waals surface area contributed by atoms with Crippen molar-refractivity contribution in [3.63, 3.8) is 0 Å². The molecule has 3 N–H and O–H groups in total. The zero-order valence-corrected chi connectivity index (χ0v) is 16.8. The smallest absolute Gasteiger partial charge is 0.326 e. The van der Waals surface area contributed by atoms with Gasteiger partial charge in [-0.05, 0) is 31.2 Å². The molecule has 0 aromatic carbocycles. The number of esters is 1. The highest BCUT2D eigenvalue weighted by Gasteiger charge is 2.22. The van der Waals surface area contributed by atoms with Gasteiger partial charge in [-0.2, -0.15) is 0 Å². The van der Waals surface area contributed by atoms with E-state index in [0.29, 0.717) is 4.88 Å². The van der Waals surface area contributed by atoms with E-state index in [0.717, 1.165) is 25.7 Å². The van der Waals surface area contributed by atoms with E-state index in [1.54, 1.807) is 17.5 Å². The van der Waals surface area contributed by atoms with Crippen molar-refractivity contribution in [2.75, 3.05) is 13.1 Å². The van der Waals surface area contributed by atoms with Crippen molar-refractivity contribution in [1.29, 1.82) is 0 Å². The van der Waals surface area contributed by atoms with E-state index in [1.807, 2.05) is 0 Å². The second kappa shape index (κ2) is 11.4. The van der Waals surface area contributed by atoms with Gasteiger partial charge in [-0.1, -0.05) is 31.7 Å². The zero-order valence-electron chi connectivity index (χ0n) is 16.0. The lowest BCUT2D eigenvalue weighted by atomic mass is 10.1. The Morgan fingerprint density at radius 2 is 1.82 bits per heavy atom. The average molecular weight is 410 g/mol. The summed E-state index contributed by atoms with van der Waals surface area (Å²) in [6.07, 6.45) is 5.52. The standard InChI is InChI=1S/C19H27N3O5S/c1-13(18(25)22-14-7-4-2-3-5-8-14)27-17(24)12-20-16(23)11-21-19(26)15-9-6-10-28-15/h6,9-10,13-14H,2-5,7-8,11-12H2,1H3,(H,20,23)(H,21,26)(H,22,25)/t13-/m1/s1. The molecule has 1 fully saturated rings. The fourth-order valence-electron chi connectivity index (χ4n) is 2.92. The molecule has 0 saturated heterocycles. The van der Waals surface area contributed by atoms with E-state index >= 15 is 0 Å². The molecule has 2 rings (SSSR count). The van der Waals surface area contributed by atoms with Gasteiger partial charge in [0, 0.05) is 6.04 Å². The molecule has 0 spiro atoms. The van der Waals surface area contributed by atoms with Crippen molar-refractivity contribution in [3.8, 4) is 0 Å². The van der Waals surface area contributed by atoms with E-state index < -0.39 is 18.0 Å². The van der Waals surface area contributed by atoms with Crippen molar-refractivity contribution < 1.29 is 23.9 Å². The molecule has 0 bridgehead atoms. The van der Waals surface area contributed by atoms with Crippen LogP contribution in [0.3, 0.4) is 0 Å². The van der Waals surface area contributed by atoms with Crippen LogP contribution in [0.15, 0.2) is 17.5 Å². The number of ether oxygens (including phenoxy) is 1. The first kappa shape index (κ1) is 21.9. The monoisotopic (exact) mass is 409 g/mol. The lowest BCUT2D eigenvalue weighted by molar-refractivity contribution is -0.154. The molecule has 0 unspecified atom stereocenters. The van der Waals surface area contributed by atoms with Gasteiger partial charge >= 0.3 is 5.97 Å². The fourth-order valence-corrected chi connectivity index (χ4v) is 3.56. The summed E-state index contributed by atoms with van der Waals surface area (Å²) >= 11 is 1.27. The molecule has 0 aliphatic heterocycles. The van der Waals surface area contributed by atoms with Gasteiger partial charge in [0.2, 0.25) is 5.91 Å². The highest BCUT2D eigenvalue weighted by atomic mass is 32.1. The Hall–Kier alpha value is -2.42. The van der Waals surface area contributed by atoms with Crippen molar-refractivity contribution in [3.05, 3.63) is 22.4 Å². The van der Waals surface area contributed by atoms with Crippen LogP contribution in [-0.2, 0) is 19.1 Å².